The Morgan fingerprint density at radius 3 is 2.38 bits per heavy atom. The lowest BCUT2D eigenvalue weighted by atomic mass is 10.1. The SMILES string of the molecule is CN=C(C)C(C)C=N. The van der Waals surface area contributed by atoms with Crippen LogP contribution in [0.15, 0.2) is 4.99 Å². The number of hydrogen-bond donors (Lipinski definition) is 1. The van der Waals surface area contributed by atoms with Gasteiger partial charge in [0.2, 0.25) is 0 Å². The number of aliphatic imine (C=N–C) groups is 1. The summed E-state index contributed by atoms with van der Waals surface area (Å²) in [6, 6.07) is 0. The zero-order valence-corrected chi connectivity index (χ0v) is 5.60. The third-order valence-electron chi connectivity index (χ3n) is 1.26. The molecule has 0 fully saturated rings. The average molecular weight is 112 g/mol. The quantitative estimate of drug-likeness (QED) is 0.524. The molecule has 0 rings (SSSR count). The van der Waals surface area contributed by atoms with Crippen molar-refractivity contribution < 1.29 is 0 Å². The van der Waals surface area contributed by atoms with Gasteiger partial charge in [-0.1, -0.05) is 6.92 Å². The van der Waals surface area contributed by atoms with E-state index in [0.717, 1.165) is 5.71 Å². The third-order valence-corrected chi connectivity index (χ3v) is 1.26. The van der Waals surface area contributed by atoms with E-state index in [2.05, 4.69) is 4.99 Å². The fraction of sp³-hybridized carbons (Fsp3) is 0.667. The van der Waals surface area contributed by atoms with Gasteiger partial charge in [-0.3, -0.25) is 4.99 Å². The molecule has 0 heterocycles. The first-order chi connectivity index (χ1) is 3.72. The van der Waals surface area contributed by atoms with Crippen LogP contribution in [-0.4, -0.2) is 19.0 Å². The smallest absolute Gasteiger partial charge is 0.0284 e. The fourth-order valence-electron chi connectivity index (χ4n) is 0.324. The van der Waals surface area contributed by atoms with E-state index in [9.17, 15) is 0 Å². The van der Waals surface area contributed by atoms with Gasteiger partial charge in [0.1, 0.15) is 0 Å². The van der Waals surface area contributed by atoms with Gasteiger partial charge >= 0.3 is 0 Å². The summed E-state index contributed by atoms with van der Waals surface area (Å²) in [5.74, 6) is 0.208. The minimum absolute atomic E-state index is 0.208. The van der Waals surface area contributed by atoms with Crippen molar-refractivity contribution in [3.8, 4) is 0 Å². The summed E-state index contributed by atoms with van der Waals surface area (Å²) in [4.78, 5) is 3.92. The molecular formula is C6H12N2. The molecule has 0 radical (unpaired) electrons. The van der Waals surface area contributed by atoms with E-state index in [1.807, 2.05) is 13.8 Å². The molecule has 0 aliphatic heterocycles. The van der Waals surface area contributed by atoms with Crippen molar-refractivity contribution in [1.82, 2.24) is 0 Å². The van der Waals surface area contributed by atoms with Crippen LogP contribution in [0.1, 0.15) is 13.8 Å². The lowest BCUT2D eigenvalue weighted by Crippen LogP contribution is -2.06. The number of rotatable bonds is 2. The Hall–Kier alpha value is -0.660. The van der Waals surface area contributed by atoms with Crippen molar-refractivity contribution in [1.29, 1.82) is 5.41 Å². The van der Waals surface area contributed by atoms with Crippen molar-refractivity contribution in [3.05, 3.63) is 0 Å². The van der Waals surface area contributed by atoms with E-state index in [1.165, 1.54) is 6.21 Å². The summed E-state index contributed by atoms with van der Waals surface area (Å²) in [5, 5.41) is 6.84. The van der Waals surface area contributed by atoms with Gasteiger partial charge in [0, 0.05) is 24.9 Å². The molecule has 0 saturated heterocycles. The highest BCUT2D eigenvalue weighted by Crippen LogP contribution is 1.91. The molecule has 46 valence electrons. The van der Waals surface area contributed by atoms with Crippen molar-refractivity contribution in [2.45, 2.75) is 13.8 Å². The van der Waals surface area contributed by atoms with Crippen LogP contribution >= 0.6 is 0 Å². The zero-order valence-electron chi connectivity index (χ0n) is 5.60. The van der Waals surface area contributed by atoms with Crippen LogP contribution in [0.25, 0.3) is 0 Å². The second kappa shape index (κ2) is 3.36. The molecule has 2 nitrogen and oxygen atoms in total. The maximum absolute atomic E-state index is 6.84. The maximum atomic E-state index is 6.84. The van der Waals surface area contributed by atoms with E-state index in [0.29, 0.717) is 0 Å². The van der Waals surface area contributed by atoms with Crippen molar-refractivity contribution in [2.75, 3.05) is 7.05 Å². The summed E-state index contributed by atoms with van der Waals surface area (Å²) >= 11 is 0. The fourth-order valence-corrected chi connectivity index (χ4v) is 0.324. The van der Waals surface area contributed by atoms with Gasteiger partial charge in [0.25, 0.3) is 0 Å². The minimum atomic E-state index is 0.208. The Kier molecular flexibility index (Phi) is 3.08. The van der Waals surface area contributed by atoms with E-state index in [4.69, 9.17) is 5.41 Å². The van der Waals surface area contributed by atoms with Gasteiger partial charge in [-0.25, -0.2) is 0 Å². The summed E-state index contributed by atoms with van der Waals surface area (Å²) in [6.07, 6.45) is 1.39. The van der Waals surface area contributed by atoms with Gasteiger partial charge in [-0.15, -0.1) is 0 Å². The monoisotopic (exact) mass is 112 g/mol. The van der Waals surface area contributed by atoms with Crippen molar-refractivity contribution in [2.24, 2.45) is 10.9 Å². The zero-order chi connectivity index (χ0) is 6.57. The summed E-state index contributed by atoms with van der Waals surface area (Å²) < 4.78 is 0. The highest BCUT2D eigenvalue weighted by atomic mass is 14.7. The van der Waals surface area contributed by atoms with Gasteiger partial charge in [-0.05, 0) is 6.92 Å². The van der Waals surface area contributed by atoms with Gasteiger partial charge in [-0.2, -0.15) is 0 Å². The molecule has 0 aliphatic carbocycles. The molecule has 0 bridgehead atoms. The number of hydrogen-bond acceptors (Lipinski definition) is 2. The summed E-state index contributed by atoms with van der Waals surface area (Å²) in [7, 11) is 1.75. The van der Waals surface area contributed by atoms with Crippen LogP contribution in [0.4, 0.5) is 0 Å². The Morgan fingerprint density at radius 2 is 2.25 bits per heavy atom. The molecule has 1 atom stereocenters. The largest absolute Gasteiger partial charge is 0.312 e. The van der Waals surface area contributed by atoms with Gasteiger partial charge in [0.15, 0.2) is 0 Å². The second-order valence-corrected chi connectivity index (χ2v) is 1.82. The van der Waals surface area contributed by atoms with E-state index < -0.39 is 0 Å². The first-order valence-corrected chi connectivity index (χ1v) is 2.66. The molecule has 0 aliphatic rings. The minimum Gasteiger partial charge on any atom is -0.312 e. The molecule has 1 unspecified atom stereocenters. The standard InChI is InChI=1S/C6H12N2/c1-5(4-7)6(2)8-3/h4-5,7H,1-3H3. The molecule has 2 heteroatoms. The number of nitrogens with zero attached hydrogens (tertiary/aromatic N) is 1. The molecule has 0 aromatic heterocycles. The van der Waals surface area contributed by atoms with Crippen LogP contribution in [-0.2, 0) is 0 Å². The average Bonchev–Trinajstić information content (AvgIpc) is 1.84. The van der Waals surface area contributed by atoms with Gasteiger partial charge < -0.3 is 5.41 Å². The van der Waals surface area contributed by atoms with Crippen LogP contribution in [0.3, 0.4) is 0 Å². The van der Waals surface area contributed by atoms with E-state index in [1.54, 1.807) is 7.05 Å². The maximum Gasteiger partial charge on any atom is 0.0284 e. The molecular weight excluding hydrogens is 100 g/mol. The molecule has 0 saturated carbocycles. The summed E-state index contributed by atoms with van der Waals surface area (Å²) in [6.45, 7) is 3.88. The van der Waals surface area contributed by atoms with Crippen LogP contribution in [0, 0.1) is 11.3 Å². The van der Waals surface area contributed by atoms with Crippen LogP contribution < -0.4 is 0 Å². The normalized spacial score (nSPS) is 15.6. The Bertz CT molecular complexity index is 105. The Morgan fingerprint density at radius 1 is 1.75 bits per heavy atom. The first-order valence-electron chi connectivity index (χ1n) is 2.66. The van der Waals surface area contributed by atoms with Gasteiger partial charge in [0.05, 0.1) is 0 Å². The van der Waals surface area contributed by atoms with Crippen molar-refractivity contribution in [3.63, 3.8) is 0 Å². The molecule has 0 spiro atoms. The molecule has 1 N–H and O–H groups in total. The lowest BCUT2D eigenvalue weighted by molar-refractivity contribution is 1.05. The molecule has 0 aromatic carbocycles. The Balaban J connectivity index is 3.81. The highest BCUT2D eigenvalue weighted by molar-refractivity contribution is 5.95. The van der Waals surface area contributed by atoms with Crippen molar-refractivity contribution >= 4 is 11.9 Å². The highest BCUT2D eigenvalue weighted by Gasteiger charge is 1.97. The van der Waals surface area contributed by atoms with Crippen LogP contribution in [0.5, 0.6) is 0 Å². The Labute approximate surface area is 50.1 Å². The van der Waals surface area contributed by atoms with E-state index in [-0.39, 0.29) is 5.92 Å². The number of nitrogens with one attached hydrogen (secondary N) is 1. The van der Waals surface area contributed by atoms with Crippen LogP contribution in [0.2, 0.25) is 0 Å². The first kappa shape index (κ1) is 7.34. The topological polar surface area (TPSA) is 36.2 Å². The predicted octanol–water partition coefficient (Wildman–Crippen LogP) is 1.36. The molecule has 0 amide bonds. The third kappa shape index (κ3) is 1.87. The molecule has 0 aromatic rings. The van der Waals surface area contributed by atoms with E-state index >= 15 is 0 Å². The molecule has 8 heavy (non-hydrogen) atoms. The lowest BCUT2D eigenvalue weighted by Gasteiger charge is -1.99. The predicted molar refractivity (Wildman–Crippen MR) is 37.0 cm³/mol. The summed E-state index contributed by atoms with van der Waals surface area (Å²) in [5.41, 5.74) is 1.01. The second-order valence-electron chi connectivity index (χ2n) is 1.82.